The molecule has 5 fully saturated rings. The van der Waals surface area contributed by atoms with Gasteiger partial charge in [0.1, 0.15) is 22.7 Å². The maximum atomic E-state index is 16.5. The second kappa shape index (κ2) is 22.2. The molecule has 1 spiro atoms. The van der Waals surface area contributed by atoms with Gasteiger partial charge in [0, 0.05) is 61.6 Å². The first kappa shape index (κ1) is 58.4. The molecule has 4 heterocycles. The molecule has 1 aromatic carbocycles. The van der Waals surface area contributed by atoms with E-state index in [0.29, 0.717) is 63.4 Å². The van der Waals surface area contributed by atoms with Crippen LogP contribution in [0.2, 0.25) is 0 Å². The summed E-state index contributed by atoms with van der Waals surface area (Å²) < 4.78 is 80.4. The number of benzene rings is 1. The second-order valence-corrected chi connectivity index (χ2v) is 26.3. The van der Waals surface area contributed by atoms with Gasteiger partial charge in [0.05, 0.1) is 30.3 Å². The van der Waals surface area contributed by atoms with E-state index < -0.39 is 81.2 Å². The van der Waals surface area contributed by atoms with Crippen LogP contribution >= 0.6 is 23.5 Å². The monoisotopic (exact) mass is 1090 g/mol. The van der Waals surface area contributed by atoms with Crippen LogP contribution < -0.4 is 14.0 Å². The van der Waals surface area contributed by atoms with Crippen molar-refractivity contribution in [3.05, 3.63) is 57.7 Å². The maximum Gasteiger partial charge on any atom is 0.536 e. The lowest BCUT2D eigenvalue weighted by molar-refractivity contribution is -0.215. The third-order valence-electron chi connectivity index (χ3n) is 15.5. The molecule has 4 aliphatic heterocycles. The smallest absolute Gasteiger partial charge is 0.482 e. The number of hydrogen-bond donors (Lipinski definition) is 4. The van der Waals surface area contributed by atoms with E-state index in [2.05, 4.69) is 33.4 Å². The molecular weight excluding hydrogens is 1020 g/mol. The molecule has 3 saturated carbocycles. The zero-order valence-corrected chi connectivity index (χ0v) is 47.2. The van der Waals surface area contributed by atoms with E-state index in [0.717, 1.165) is 49.7 Å². The molecule has 0 radical (unpaired) electrons. The molecular formula is C52H77N2O17P3. The summed E-state index contributed by atoms with van der Waals surface area (Å²) >= 11 is 0. The Morgan fingerprint density at radius 3 is 2.08 bits per heavy atom. The lowest BCUT2D eigenvalue weighted by Crippen LogP contribution is -2.82. The van der Waals surface area contributed by atoms with Gasteiger partial charge in [-0.25, -0.2) is 13.7 Å². The number of fused-ring (bicyclic) bond motifs is 2. The molecule has 1 amide bonds. The van der Waals surface area contributed by atoms with E-state index in [1.54, 1.807) is 25.2 Å². The Kier molecular flexibility index (Phi) is 17.5. The zero-order chi connectivity index (χ0) is 54.4. The normalized spacial score (nSPS) is 29.5. The van der Waals surface area contributed by atoms with E-state index in [9.17, 15) is 38.1 Å². The van der Waals surface area contributed by atoms with E-state index in [4.69, 9.17) is 23.5 Å². The number of ketones is 2. The van der Waals surface area contributed by atoms with Crippen molar-refractivity contribution < 1.29 is 79.7 Å². The largest absolute Gasteiger partial charge is 0.536 e. The van der Waals surface area contributed by atoms with Crippen LogP contribution in [0.3, 0.4) is 0 Å². The van der Waals surface area contributed by atoms with Crippen molar-refractivity contribution in [2.24, 2.45) is 17.8 Å². The fourth-order valence-corrected chi connectivity index (χ4v) is 15.3. The van der Waals surface area contributed by atoms with E-state index >= 15 is 9.59 Å². The van der Waals surface area contributed by atoms with Crippen LogP contribution in [0, 0.1) is 17.8 Å². The highest BCUT2D eigenvalue weighted by atomic mass is 31.3. The molecule has 2 saturated heterocycles. The minimum absolute atomic E-state index is 0.0243. The highest BCUT2D eigenvalue weighted by molar-refractivity contribution is 7.66. The van der Waals surface area contributed by atoms with Crippen molar-refractivity contribution >= 4 is 47.0 Å². The number of allylic oxidation sites excluding steroid dienone is 4. The van der Waals surface area contributed by atoms with Crippen molar-refractivity contribution in [2.75, 3.05) is 39.4 Å². The molecule has 4 bridgehead atoms. The van der Waals surface area contributed by atoms with Gasteiger partial charge >= 0.3 is 23.5 Å². The zero-order valence-electron chi connectivity index (χ0n) is 44.5. The van der Waals surface area contributed by atoms with Crippen LogP contribution in [0.5, 0.6) is 17.2 Å². The van der Waals surface area contributed by atoms with Gasteiger partial charge in [0.15, 0.2) is 28.5 Å². The molecule has 9 atom stereocenters. The Morgan fingerprint density at radius 2 is 1.49 bits per heavy atom. The fraction of sp³-hybridized carbons (Fsp3) is 0.673. The molecule has 74 heavy (non-hydrogen) atoms. The molecule has 412 valence electrons. The fourth-order valence-electron chi connectivity index (χ4n) is 12.3. The highest BCUT2D eigenvalue weighted by Gasteiger charge is 2.86. The molecule has 7 aliphatic rings. The van der Waals surface area contributed by atoms with Crippen molar-refractivity contribution in [2.45, 2.75) is 168 Å². The van der Waals surface area contributed by atoms with Crippen LogP contribution in [-0.2, 0) is 47.8 Å². The quantitative estimate of drug-likeness (QED) is 0.0344. The minimum atomic E-state index is -6.05. The van der Waals surface area contributed by atoms with Gasteiger partial charge < -0.3 is 43.1 Å². The van der Waals surface area contributed by atoms with E-state index in [1.807, 2.05) is 59.4 Å². The van der Waals surface area contributed by atoms with Crippen LogP contribution in [0.4, 0.5) is 0 Å². The number of unbranched alkanes of at least 4 members (excludes halogenated alkanes) is 4. The molecule has 4 N–H and O–H groups in total. The van der Waals surface area contributed by atoms with E-state index in [1.165, 1.54) is 0 Å². The summed E-state index contributed by atoms with van der Waals surface area (Å²) in [5.74, 6) is -4.43. The summed E-state index contributed by atoms with van der Waals surface area (Å²) in [7, 11) is -17.8. The first-order chi connectivity index (χ1) is 34.6. The van der Waals surface area contributed by atoms with Gasteiger partial charge in [-0.1, -0.05) is 68.9 Å². The summed E-state index contributed by atoms with van der Waals surface area (Å²) in [5.41, 5.74) is -3.42. The first-order valence-electron chi connectivity index (χ1n) is 26.0. The van der Waals surface area contributed by atoms with Crippen molar-refractivity contribution in [1.82, 2.24) is 9.80 Å². The van der Waals surface area contributed by atoms with Crippen molar-refractivity contribution in [3.63, 3.8) is 0 Å². The van der Waals surface area contributed by atoms with Crippen LogP contribution in [-0.4, -0.2) is 115 Å². The van der Waals surface area contributed by atoms with Gasteiger partial charge in [-0.05, 0) is 106 Å². The molecule has 3 aliphatic carbocycles. The van der Waals surface area contributed by atoms with Crippen molar-refractivity contribution in [3.8, 4) is 17.2 Å². The van der Waals surface area contributed by atoms with Gasteiger partial charge in [-0.15, -0.1) is 0 Å². The van der Waals surface area contributed by atoms with Crippen LogP contribution in [0.1, 0.15) is 155 Å². The Morgan fingerprint density at radius 1 is 0.851 bits per heavy atom. The number of rotatable bonds is 23. The average molecular weight is 1100 g/mol. The predicted molar refractivity (Wildman–Crippen MR) is 277 cm³/mol. The summed E-state index contributed by atoms with van der Waals surface area (Å²) in [5, 5.41) is 0. The number of phosphoric ester groups is 1. The van der Waals surface area contributed by atoms with Gasteiger partial charge in [-0.2, -0.15) is 8.62 Å². The van der Waals surface area contributed by atoms with Gasteiger partial charge in [0.2, 0.25) is 5.91 Å². The number of hydrogen-bond acceptors (Lipinski definition) is 14. The summed E-state index contributed by atoms with van der Waals surface area (Å²) in [6.45, 7) is 21.8. The van der Waals surface area contributed by atoms with Crippen LogP contribution in [0.25, 0.3) is 6.08 Å². The molecule has 1 aromatic rings. The average Bonchev–Trinajstić information content (AvgIpc) is 3.44. The van der Waals surface area contributed by atoms with Gasteiger partial charge in [0.25, 0.3) is 0 Å². The SMILES string of the molecule is CCCCCN(CCCCC)C(=O)/C(C)=C\CC12OC(C)(C)C3CC(C1=O)C(N1CCOCC1)C1C(=O)c4c(OP(=O)(O)OP(=O)(O)OP(=O)(O)O)c5c(c(CC=C(C)C)c4OC132)OC(C)(CCC=C(C)C)C=C5. The molecule has 8 rings (SSSR count). The first-order valence-corrected chi connectivity index (χ1v) is 30.5. The molecule has 19 nitrogen and oxygen atoms in total. The molecule has 0 aromatic heterocycles. The Hall–Kier alpha value is -3.28. The van der Waals surface area contributed by atoms with Crippen LogP contribution in [0.15, 0.2) is 41.0 Å². The second-order valence-electron chi connectivity index (χ2n) is 22.0. The third kappa shape index (κ3) is 11.6. The van der Waals surface area contributed by atoms with Crippen molar-refractivity contribution in [1.29, 1.82) is 0 Å². The van der Waals surface area contributed by atoms with E-state index in [-0.39, 0.29) is 53.6 Å². The summed E-state index contributed by atoms with van der Waals surface area (Å²) in [6.07, 6.45) is 15.8. The number of phosphoric acid groups is 3. The Bertz CT molecular complexity index is 2620. The topological polar surface area (TPSA) is 254 Å². The predicted octanol–water partition coefficient (Wildman–Crippen LogP) is 9.75. The standard InChI is InChI=1S/C52H77N2O17P3/c1-11-13-15-26-54(27-16-14-12-2)48(57)35(7)21-25-51-47(56)38-32-39(49(8,9)69-51)52(51)41(42(38)53-28-30-65-31-29-53)43(55)40-45(67-52)36(20-19-34(5)6)44-37(22-24-50(10,66-44)23-17-18-33(3)4)46(40)68-73(61,62)71-74(63,64)70-72(58,59)60/h18-19,21-22,24,38-39,41-42H,11-17,20,23,25-32H2,1-10H3,(H,61,62)(H,63,64)(H2,58,59,60)/b35-21-. The van der Waals surface area contributed by atoms with Gasteiger partial charge in [-0.3, -0.25) is 24.2 Å². The number of ether oxygens (including phenoxy) is 4. The number of carbonyl (C=O) groups excluding carboxylic acids is 3. The third-order valence-corrected chi connectivity index (χ3v) is 19.2. The number of nitrogens with zero attached hydrogens (tertiary/aromatic N) is 2. The number of Topliss-reactive ketones (excluding diaryl/α,β-unsaturated/α-hetero) is 2. The molecule has 9 unspecified atom stereocenters. The summed E-state index contributed by atoms with van der Waals surface area (Å²) in [6, 6.07) is -0.810. The lowest BCUT2D eigenvalue weighted by atomic mass is 9.44. The number of morpholine rings is 1. The Balaban J connectivity index is 1.49. The Labute approximate surface area is 435 Å². The maximum absolute atomic E-state index is 16.5. The minimum Gasteiger partial charge on any atom is -0.482 e. The number of carbonyl (C=O) groups is 3. The number of amides is 1. The summed E-state index contributed by atoms with van der Waals surface area (Å²) in [4.78, 5) is 91.3. The highest BCUT2D eigenvalue weighted by Crippen LogP contribution is 2.72. The lowest BCUT2D eigenvalue weighted by Gasteiger charge is -2.64. The molecule has 22 heteroatoms.